The van der Waals surface area contributed by atoms with Crippen molar-refractivity contribution in [2.75, 3.05) is 26.2 Å². The van der Waals surface area contributed by atoms with Gasteiger partial charge in [-0.25, -0.2) is 4.68 Å². The van der Waals surface area contributed by atoms with Gasteiger partial charge < -0.3 is 10.2 Å². The van der Waals surface area contributed by atoms with Crippen molar-refractivity contribution in [1.29, 1.82) is 0 Å². The van der Waals surface area contributed by atoms with Crippen molar-refractivity contribution in [3.05, 3.63) is 48.3 Å². The Morgan fingerprint density at radius 3 is 3.00 bits per heavy atom. The molecule has 23 heavy (non-hydrogen) atoms. The number of nitrogens with one attached hydrogen (secondary N) is 1. The van der Waals surface area contributed by atoms with Gasteiger partial charge in [-0.05, 0) is 50.1 Å². The van der Waals surface area contributed by atoms with Crippen LogP contribution in [0, 0.1) is 5.41 Å². The molecule has 2 aromatic rings. The smallest absolute Gasteiger partial charge is 0.253 e. The molecule has 0 radical (unpaired) electrons. The van der Waals surface area contributed by atoms with E-state index < -0.39 is 0 Å². The first-order chi connectivity index (χ1) is 11.3. The number of rotatable bonds is 2. The van der Waals surface area contributed by atoms with E-state index in [1.165, 1.54) is 12.8 Å². The second-order valence-electron chi connectivity index (χ2n) is 6.76. The average Bonchev–Trinajstić information content (AvgIpc) is 3.26. The molecule has 2 fully saturated rings. The van der Waals surface area contributed by atoms with Gasteiger partial charge in [0, 0.05) is 43.0 Å². The molecule has 1 N–H and O–H groups in total. The molecule has 120 valence electrons. The minimum atomic E-state index is 0.140. The molecule has 1 amide bonds. The lowest BCUT2D eigenvalue weighted by atomic mass is 9.80. The maximum absolute atomic E-state index is 12.9. The van der Waals surface area contributed by atoms with Crippen LogP contribution in [0.5, 0.6) is 0 Å². The molecule has 5 nitrogen and oxygen atoms in total. The number of carbonyl (C=O) groups is 1. The first-order valence-corrected chi connectivity index (χ1v) is 8.36. The second kappa shape index (κ2) is 5.81. The van der Waals surface area contributed by atoms with Crippen molar-refractivity contribution in [2.45, 2.75) is 19.3 Å². The van der Waals surface area contributed by atoms with E-state index in [0.29, 0.717) is 5.41 Å². The lowest BCUT2D eigenvalue weighted by Crippen LogP contribution is -2.42. The highest BCUT2D eigenvalue weighted by molar-refractivity contribution is 5.95. The average molecular weight is 310 g/mol. The molecule has 1 aromatic carbocycles. The highest BCUT2D eigenvalue weighted by Gasteiger charge is 2.40. The third-order valence-corrected chi connectivity index (χ3v) is 5.15. The Balaban J connectivity index is 1.52. The van der Waals surface area contributed by atoms with Gasteiger partial charge in [-0.2, -0.15) is 5.10 Å². The zero-order valence-corrected chi connectivity index (χ0v) is 13.2. The largest absolute Gasteiger partial charge is 0.338 e. The van der Waals surface area contributed by atoms with Crippen LogP contribution < -0.4 is 5.32 Å². The lowest BCUT2D eigenvalue weighted by molar-refractivity contribution is 0.0764. The summed E-state index contributed by atoms with van der Waals surface area (Å²) >= 11 is 0. The number of nitrogens with zero attached hydrogens (tertiary/aromatic N) is 3. The van der Waals surface area contributed by atoms with Gasteiger partial charge in [0.05, 0.1) is 5.69 Å². The maximum atomic E-state index is 12.9. The summed E-state index contributed by atoms with van der Waals surface area (Å²) in [6.07, 6.45) is 7.20. The van der Waals surface area contributed by atoms with Gasteiger partial charge in [0.1, 0.15) is 0 Å². The number of benzene rings is 1. The number of hydrogen-bond donors (Lipinski definition) is 1. The van der Waals surface area contributed by atoms with E-state index in [4.69, 9.17) is 0 Å². The molecular weight excluding hydrogens is 288 g/mol. The molecule has 2 saturated heterocycles. The van der Waals surface area contributed by atoms with Crippen LogP contribution in [0.4, 0.5) is 0 Å². The van der Waals surface area contributed by atoms with Crippen LogP contribution in [-0.4, -0.2) is 46.8 Å². The van der Waals surface area contributed by atoms with Gasteiger partial charge in [-0.1, -0.05) is 6.07 Å². The summed E-state index contributed by atoms with van der Waals surface area (Å²) in [5, 5.41) is 7.73. The number of hydrogen-bond acceptors (Lipinski definition) is 3. The highest BCUT2D eigenvalue weighted by Crippen LogP contribution is 2.36. The van der Waals surface area contributed by atoms with Gasteiger partial charge in [-0.3, -0.25) is 4.79 Å². The van der Waals surface area contributed by atoms with Crippen molar-refractivity contribution in [3.63, 3.8) is 0 Å². The zero-order valence-electron chi connectivity index (χ0n) is 13.2. The van der Waals surface area contributed by atoms with E-state index in [-0.39, 0.29) is 5.91 Å². The number of piperidine rings is 1. The summed E-state index contributed by atoms with van der Waals surface area (Å²) in [7, 11) is 0. The van der Waals surface area contributed by atoms with Gasteiger partial charge in [0.15, 0.2) is 0 Å². The summed E-state index contributed by atoms with van der Waals surface area (Å²) < 4.78 is 1.79. The van der Waals surface area contributed by atoms with Gasteiger partial charge in [-0.15, -0.1) is 0 Å². The topological polar surface area (TPSA) is 50.2 Å². The van der Waals surface area contributed by atoms with Gasteiger partial charge in [0.25, 0.3) is 5.91 Å². The maximum Gasteiger partial charge on any atom is 0.253 e. The predicted molar refractivity (Wildman–Crippen MR) is 88.6 cm³/mol. The minimum absolute atomic E-state index is 0.140. The Bertz CT molecular complexity index is 689. The van der Waals surface area contributed by atoms with Crippen LogP contribution in [-0.2, 0) is 0 Å². The molecule has 5 heteroatoms. The van der Waals surface area contributed by atoms with E-state index in [9.17, 15) is 4.79 Å². The first-order valence-electron chi connectivity index (χ1n) is 8.36. The van der Waals surface area contributed by atoms with Crippen LogP contribution in [0.2, 0.25) is 0 Å². The van der Waals surface area contributed by atoms with E-state index in [2.05, 4.69) is 10.4 Å². The van der Waals surface area contributed by atoms with Crippen LogP contribution in [0.1, 0.15) is 29.6 Å². The van der Waals surface area contributed by atoms with Gasteiger partial charge >= 0.3 is 0 Å². The Labute approximate surface area is 136 Å². The molecule has 2 aliphatic heterocycles. The number of carbonyl (C=O) groups excluding carboxylic acids is 1. The molecule has 3 heterocycles. The van der Waals surface area contributed by atoms with E-state index >= 15 is 0 Å². The Kier molecular flexibility index (Phi) is 3.65. The summed E-state index contributed by atoms with van der Waals surface area (Å²) in [5.74, 6) is 0.140. The summed E-state index contributed by atoms with van der Waals surface area (Å²) in [6, 6.07) is 9.62. The zero-order chi connectivity index (χ0) is 15.7. The van der Waals surface area contributed by atoms with Crippen LogP contribution >= 0.6 is 0 Å². The minimum Gasteiger partial charge on any atom is -0.338 e. The molecular formula is C18H22N4O. The van der Waals surface area contributed by atoms with Crippen LogP contribution in [0.3, 0.4) is 0 Å². The molecule has 0 aliphatic carbocycles. The normalized spacial score (nSPS) is 24.3. The van der Waals surface area contributed by atoms with Crippen molar-refractivity contribution < 1.29 is 4.79 Å². The third kappa shape index (κ3) is 2.77. The van der Waals surface area contributed by atoms with Crippen LogP contribution in [0.15, 0.2) is 42.7 Å². The second-order valence-corrected chi connectivity index (χ2v) is 6.76. The van der Waals surface area contributed by atoms with E-state index in [0.717, 1.165) is 43.9 Å². The molecule has 1 spiro atoms. The first kappa shape index (κ1) is 14.5. The third-order valence-electron chi connectivity index (χ3n) is 5.15. The van der Waals surface area contributed by atoms with E-state index in [1.54, 1.807) is 10.9 Å². The Hall–Kier alpha value is -2.14. The molecule has 1 atom stereocenters. The summed E-state index contributed by atoms with van der Waals surface area (Å²) in [4.78, 5) is 14.9. The Morgan fingerprint density at radius 1 is 1.26 bits per heavy atom. The molecule has 0 bridgehead atoms. The monoisotopic (exact) mass is 310 g/mol. The SMILES string of the molecule is O=C(c1cccc(-n2cccn2)c1)N1CCC2(CCCNC2)C1. The fourth-order valence-electron chi connectivity index (χ4n) is 3.87. The van der Waals surface area contributed by atoms with Crippen molar-refractivity contribution in [2.24, 2.45) is 5.41 Å². The number of likely N-dealkylation sites (tertiary alicyclic amines) is 1. The van der Waals surface area contributed by atoms with Crippen molar-refractivity contribution in [1.82, 2.24) is 20.0 Å². The quantitative estimate of drug-likeness (QED) is 0.924. The molecule has 4 rings (SSSR count). The molecule has 1 aromatic heterocycles. The predicted octanol–water partition coefficient (Wildman–Crippen LogP) is 2.09. The fraction of sp³-hybridized carbons (Fsp3) is 0.444. The number of amides is 1. The summed E-state index contributed by atoms with van der Waals surface area (Å²) in [6.45, 7) is 3.91. The van der Waals surface area contributed by atoms with Crippen LogP contribution in [0.25, 0.3) is 5.69 Å². The molecule has 0 saturated carbocycles. The Morgan fingerprint density at radius 2 is 2.22 bits per heavy atom. The van der Waals surface area contributed by atoms with E-state index in [1.807, 2.05) is 41.4 Å². The highest BCUT2D eigenvalue weighted by atomic mass is 16.2. The van der Waals surface area contributed by atoms with Gasteiger partial charge in [0.2, 0.25) is 0 Å². The summed E-state index contributed by atoms with van der Waals surface area (Å²) in [5.41, 5.74) is 1.97. The lowest BCUT2D eigenvalue weighted by Gasteiger charge is -2.33. The van der Waals surface area contributed by atoms with Crippen molar-refractivity contribution >= 4 is 5.91 Å². The fourth-order valence-corrected chi connectivity index (χ4v) is 3.87. The standard InChI is InChI=1S/C18H22N4O/c23-17(21-11-7-18(14-21)6-2-8-19-13-18)15-4-1-5-16(12-15)22-10-3-9-20-22/h1,3-5,9-10,12,19H,2,6-8,11,13-14H2. The molecule has 2 aliphatic rings. The number of aromatic nitrogens is 2. The van der Waals surface area contributed by atoms with Crippen molar-refractivity contribution in [3.8, 4) is 5.69 Å². The molecule has 1 unspecified atom stereocenters.